The topological polar surface area (TPSA) is 55.4 Å². The molecule has 19 heavy (non-hydrogen) atoms. The van der Waals surface area contributed by atoms with Crippen LogP contribution in [0.25, 0.3) is 0 Å². The first-order valence-electron chi connectivity index (χ1n) is 5.99. The average Bonchev–Trinajstić information content (AvgIpc) is 2.83. The highest BCUT2D eigenvalue weighted by Gasteiger charge is 2.25. The van der Waals surface area contributed by atoms with Crippen molar-refractivity contribution in [3.63, 3.8) is 0 Å². The fourth-order valence-corrected chi connectivity index (χ4v) is 4.35. The van der Waals surface area contributed by atoms with Gasteiger partial charge in [-0.15, -0.1) is 0 Å². The molecule has 1 fully saturated rings. The third-order valence-corrected chi connectivity index (χ3v) is 5.45. The quantitative estimate of drug-likeness (QED) is 0.925. The first-order chi connectivity index (χ1) is 8.94. The van der Waals surface area contributed by atoms with Gasteiger partial charge in [0, 0.05) is 12.1 Å². The zero-order valence-corrected chi connectivity index (χ0v) is 12.8. The van der Waals surface area contributed by atoms with Gasteiger partial charge in [-0.1, -0.05) is 36.0 Å². The summed E-state index contributed by atoms with van der Waals surface area (Å²) < 4.78 is 32.2. The Morgan fingerprint density at radius 2 is 1.84 bits per heavy atom. The molecule has 0 radical (unpaired) electrons. The summed E-state index contributed by atoms with van der Waals surface area (Å²) >= 11 is 11.9. The predicted molar refractivity (Wildman–Crippen MR) is 75.6 cm³/mol. The zero-order chi connectivity index (χ0) is 14.0. The molecule has 0 amide bonds. The Labute approximate surface area is 123 Å². The standard InChI is InChI=1S/C12H15Cl2NO3S/c1-18-11-6-10(14)12(7-9(11)13)19(16,17)15-8-4-2-3-5-8/h6-8,15H,2-5H2,1H3. The molecule has 1 aliphatic rings. The number of hydrogen-bond donors (Lipinski definition) is 1. The van der Waals surface area contributed by atoms with Crippen molar-refractivity contribution in [2.75, 3.05) is 7.11 Å². The van der Waals surface area contributed by atoms with Crippen LogP contribution in [-0.2, 0) is 10.0 Å². The molecule has 0 unspecified atom stereocenters. The number of ether oxygens (including phenoxy) is 1. The Hall–Kier alpha value is -0.490. The van der Waals surface area contributed by atoms with Crippen molar-refractivity contribution in [1.82, 2.24) is 4.72 Å². The molecule has 4 nitrogen and oxygen atoms in total. The molecule has 1 aliphatic carbocycles. The number of sulfonamides is 1. The number of halogens is 2. The maximum Gasteiger partial charge on any atom is 0.242 e. The molecular formula is C12H15Cl2NO3S. The molecule has 1 aromatic carbocycles. The van der Waals surface area contributed by atoms with E-state index in [2.05, 4.69) is 4.72 Å². The van der Waals surface area contributed by atoms with Crippen LogP contribution in [-0.4, -0.2) is 21.6 Å². The number of rotatable bonds is 4. The smallest absolute Gasteiger partial charge is 0.242 e. The van der Waals surface area contributed by atoms with Crippen LogP contribution in [0.4, 0.5) is 0 Å². The Balaban J connectivity index is 2.31. The van der Waals surface area contributed by atoms with Crippen LogP contribution in [0.5, 0.6) is 5.75 Å². The van der Waals surface area contributed by atoms with Gasteiger partial charge in [-0.05, 0) is 18.9 Å². The van der Waals surface area contributed by atoms with Crippen molar-refractivity contribution in [2.45, 2.75) is 36.6 Å². The monoisotopic (exact) mass is 323 g/mol. The molecule has 7 heteroatoms. The van der Waals surface area contributed by atoms with Gasteiger partial charge in [0.05, 0.1) is 17.2 Å². The second-order valence-electron chi connectivity index (χ2n) is 4.52. The van der Waals surface area contributed by atoms with E-state index in [9.17, 15) is 8.42 Å². The van der Waals surface area contributed by atoms with Gasteiger partial charge in [0.2, 0.25) is 10.0 Å². The minimum atomic E-state index is -3.64. The van der Waals surface area contributed by atoms with Gasteiger partial charge in [0.15, 0.2) is 0 Å². The number of benzene rings is 1. The molecule has 2 rings (SSSR count). The molecule has 1 aromatic rings. The largest absolute Gasteiger partial charge is 0.495 e. The minimum absolute atomic E-state index is 0.00753. The summed E-state index contributed by atoms with van der Waals surface area (Å²) in [4.78, 5) is -0.00753. The lowest BCUT2D eigenvalue weighted by Crippen LogP contribution is -2.32. The van der Waals surface area contributed by atoms with Crippen LogP contribution in [0.3, 0.4) is 0 Å². The molecular weight excluding hydrogens is 309 g/mol. The van der Waals surface area contributed by atoms with Gasteiger partial charge in [0.25, 0.3) is 0 Å². The van der Waals surface area contributed by atoms with E-state index in [4.69, 9.17) is 27.9 Å². The van der Waals surface area contributed by atoms with Crippen LogP contribution in [0, 0.1) is 0 Å². The van der Waals surface area contributed by atoms with E-state index in [1.807, 2.05) is 0 Å². The van der Waals surface area contributed by atoms with Crippen LogP contribution in [0.1, 0.15) is 25.7 Å². The van der Waals surface area contributed by atoms with Crippen molar-refractivity contribution in [1.29, 1.82) is 0 Å². The molecule has 0 aromatic heterocycles. The summed E-state index contributed by atoms with van der Waals surface area (Å²) in [5, 5.41) is 0.324. The molecule has 1 N–H and O–H groups in total. The number of nitrogens with one attached hydrogen (secondary N) is 1. The highest BCUT2D eigenvalue weighted by atomic mass is 35.5. The van der Waals surface area contributed by atoms with Crippen LogP contribution >= 0.6 is 23.2 Å². The maximum absolute atomic E-state index is 12.3. The molecule has 0 saturated heterocycles. The molecule has 0 aliphatic heterocycles. The van der Waals surface area contributed by atoms with E-state index in [1.165, 1.54) is 19.2 Å². The number of hydrogen-bond acceptors (Lipinski definition) is 3. The van der Waals surface area contributed by atoms with Gasteiger partial charge in [-0.25, -0.2) is 13.1 Å². The second kappa shape index (κ2) is 5.87. The Bertz CT molecular complexity index is 569. The predicted octanol–water partition coefficient (Wildman–Crippen LogP) is 3.22. The van der Waals surface area contributed by atoms with Crippen molar-refractivity contribution >= 4 is 33.2 Å². The lowest BCUT2D eigenvalue weighted by molar-refractivity contribution is 0.414. The maximum atomic E-state index is 12.3. The highest BCUT2D eigenvalue weighted by Crippen LogP contribution is 2.33. The summed E-state index contributed by atoms with van der Waals surface area (Å²) in [6, 6.07) is 2.72. The first-order valence-corrected chi connectivity index (χ1v) is 8.23. The van der Waals surface area contributed by atoms with Crippen molar-refractivity contribution in [2.24, 2.45) is 0 Å². The van der Waals surface area contributed by atoms with Gasteiger partial charge in [-0.3, -0.25) is 0 Å². The van der Waals surface area contributed by atoms with Gasteiger partial charge in [0.1, 0.15) is 10.6 Å². The van der Waals surface area contributed by atoms with Crippen LogP contribution < -0.4 is 9.46 Å². The summed E-state index contributed by atoms with van der Waals surface area (Å²) in [5.41, 5.74) is 0. The summed E-state index contributed by atoms with van der Waals surface area (Å²) in [5.74, 6) is 0.353. The third-order valence-electron chi connectivity index (χ3n) is 3.17. The van der Waals surface area contributed by atoms with E-state index in [1.54, 1.807) is 0 Å². The van der Waals surface area contributed by atoms with Gasteiger partial charge >= 0.3 is 0 Å². The lowest BCUT2D eigenvalue weighted by atomic mass is 10.3. The van der Waals surface area contributed by atoms with Crippen molar-refractivity contribution in [3.05, 3.63) is 22.2 Å². The summed E-state index contributed by atoms with van der Waals surface area (Å²) in [7, 11) is -2.20. The molecule has 0 atom stereocenters. The van der Waals surface area contributed by atoms with Crippen LogP contribution in [0.2, 0.25) is 10.0 Å². The van der Waals surface area contributed by atoms with Crippen molar-refractivity contribution < 1.29 is 13.2 Å². The molecule has 0 heterocycles. The Morgan fingerprint density at radius 3 is 2.42 bits per heavy atom. The van der Waals surface area contributed by atoms with E-state index < -0.39 is 10.0 Å². The van der Waals surface area contributed by atoms with Crippen LogP contribution in [0.15, 0.2) is 17.0 Å². The summed E-state index contributed by atoms with van der Waals surface area (Å²) in [6.07, 6.45) is 3.82. The third kappa shape index (κ3) is 3.34. The second-order valence-corrected chi connectivity index (χ2v) is 7.02. The van der Waals surface area contributed by atoms with Gasteiger partial charge in [-0.2, -0.15) is 0 Å². The van der Waals surface area contributed by atoms with Crippen molar-refractivity contribution in [3.8, 4) is 5.75 Å². The molecule has 1 saturated carbocycles. The molecule has 0 spiro atoms. The molecule has 0 bridgehead atoms. The van der Waals surface area contributed by atoms with E-state index in [0.717, 1.165) is 25.7 Å². The zero-order valence-electron chi connectivity index (χ0n) is 10.4. The lowest BCUT2D eigenvalue weighted by Gasteiger charge is -2.14. The average molecular weight is 324 g/mol. The first kappa shape index (κ1) is 14.9. The highest BCUT2D eigenvalue weighted by molar-refractivity contribution is 7.89. The number of methoxy groups -OCH3 is 1. The fraction of sp³-hybridized carbons (Fsp3) is 0.500. The van der Waals surface area contributed by atoms with E-state index >= 15 is 0 Å². The minimum Gasteiger partial charge on any atom is -0.495 e. The SMILES string of the molecule is COc1cc(Cl)c(S(=O)(=O)NC2CCCC2)cc1Cl. The van der Waals surface area contributed by atoms with E-state index in [-0.39, 0.29) is 21.0 Å². The molecule has 106 valence electrons. The Morgan fingerprint density at radius 1 is 1.21 bits per heavy atom. The van der Waals surface area contributed by atoms with Gasteiger partial charge < -0.3 is 4.74 Å². The fourth-order valence-electron chi connectivity index (χ4n) is 2.20. The Kier molecular flexibility index (Phi) is 4.61. The normalized spacial score (nSPS) is 16.8. The van der Waals surface area contributed by atoms with E-state index in [0.29, 0.717) is 5.75 Å². The summed E-state index contributed by atoms with van der Waals surface area (Å²) in [6.45, 7) is 0.